The fourth-order valence-corrected chi connectivity index (χ4v) is 2.98. The van der Waals surface area contributed by atoms with Crippen molar-refractivity contribution in [3.8, 4) is 0 Å². The summed E-state index contributed by atoms with van der Waals surface area (Å²) in [6.07, 6.45) is 2.03. The fraction of sp³-hybridized carbons (Fsp3) is 0.533. The van der Waals surface area contributed by atoms with Crippen LogP contribution < -0.4 is 10.6 Å². The zero-order valence-electron chi connectivity index (χ0n) is 12.8. The highest BCUT2D eigenvalue weighted by Crippen LogP contribution is 2.10. The number of nitrogens with one attached hydrogen (secondary N) is 2. The van der Waals surface area contributed by atoms with Crippen molar-refractivity contribution in [2.45, 2.75) is 38.8 Å². The van der Waals surface area contributed by atoms with Crippen molar-refractivity contribution >= 4 is 29.1 Å². The number of likely N-dealkylation sites (tertiary alicyclic amines) is 1. The molecule has 0 unspecified atom stereocenters. The highest BCUT2D eigenvalue weighted by Gasteiger charge is 2.26. The van der Waals surface area contributed by atoms with Crippen LogP contribution in [-0.2, 0) is 9.59 Å². The van der Waals surface area contributed by atoms with E-state index in [0.717, 1.165) is 25.9 Å². The van der Waals surface area contributed by atoms with Crippen LogP contribution in [0.4, 0.5) is 0 Å². The number of hydrogen-bond acceptors (Lipinski definition) is 4. The average Bonchev–Trinajstić information content (AvgIpc) is 3.18. The van der Waals surface area contributed by atoms with Gasteiger partial charge in [0.1, 0.15) is 12.1 Å². The van der Waals surface area contributed by atoms with Crippen molar-refractivity contribution < 1.29 is 14.4 Å². The molecule has 7 heteroatoms. The summed E-state index contributed by atoms with van der Waals surface area (Å²) in [5.41, 5.74) is 0. The summed E-state index contributed by atoms with van der Waals surface area (Å²) in [6.45, 7) is 4.79. The largest absolute Gasteiger partial charge is 0.343 e. The SMILES string of the molecule is C[C@H](NC(=O)c1cccs1)C(=O)N[C@@H](C)C(=O)N1CCCC1. The van der Waals surface area contributed by atoms with Gasteiger partial charge in [-0.15, -0.1) is 11.3 Å². The Kier molecular flexibility index (Phi) is 5.54. The molecule has 2 rings (SSSR count). The van der Waals surface area contributed by atoms with E-state index in [0.29, 0.717) is 4.88 Å². The van der Waals surface area contributed by atoms with Gasteiger partial charge in [0.25, 0.3) is 5.91 Å². The summed E-state index contributed by atoms with van der Waals surface area (Å²) >= 11 is 1.32. The van der Waals surface area contributed by atoms with E-state index in [1.165, 1.54) is 11.3 Å². The number of carbonyl (C=O) groups excluding carboxylic acids is 3. The van der Waals surface area contributed by atoms with Crippen LogP contribution in [0.3, 0.4) is 0 Å². The smallest absolute Gasteiger partial charge is 0.261 e. The summed E-state index contributed by atoms with van der Waals surface area (Å²) in [6, 6.07) is 2.21. The van der Waals surface area contributed by atoms with Crippen molar-refractivity contribution in [3.63, 3.8) is 0 Å². The van der Waals surface area contributed by atoms with Crippen molar-refractivity contribution in [2.24, 2.45) is 0 Å². The number of amides is 3. The summed E-state index contributed by atoms with van der Waals surface area (Å²) < 4.78 is 0. The molecule has 22 heavy (non-hydrogen) atoms. The fourth-order valence-electron chi connectivity index (χ4n) is 2.35. The molecule has 2 N–H and O–H groups in total. The van der Waals surface area contributed by atoms with Gasteiger partial charge in [0.2, 0.25) is 11.8 Å². The van der Waals surface area contributed by atoms with Crippen LogP contribution in [0.25, 0.3) is 0 Å². The number of rotatable bonds is 5. The van der Waals surface area contributed by atoms with Gasteiger partial charge >= 0.3 is 0 Å². The highest BCUT2D eigenvalue weighted by atomic mass is 32.1. The topological polar surface area (TPSA) is 78.5 Å². The lowest BCUT2D eigenvalue weighted by molar-refractivity contribution is -0.135. The van der Waals surface area contributed by atoms with Crippen LogP contribution in [0.15, 0.2) is 17.5 Å². The summed E-state index contributed by atoms with van der Waals surface area (Å²) in [5.74, 6) is -0.705. The molecule has 2 heterocycles. The van der Waals surface area contributed by atoms with Crippen molar-refractivity contribution in [3.05, 3.63) is 22.4 Å². The average molecular weight is 323 g/mol. The van der Waals surface area contributed by atoms with Gasteiger partial charge in [-0.2, -0.15) is 0 Å². The molecule has 0 saturated carbocycles. The summed E-state index contributed by atoms with van der Waals surface area (Å²) in [4.78, 5) is 38.4. The molecule has 1 aliphatic rings. The first-order valence-corrected chi connectivity index (χ1v) is 8.30. The minimum Gasteiger partial charge on any atom is -0.343 e. The first-order chi connectivity index (χ1) is 10.5. The third-order valence-electron chi connectivity index (χ3n) is 3.63. The second-order valence-electron chi connectivity index (χ2n) is 5.44. The molecule has 2 atom stereocenters. The Morgan fingerprint density at radius 1 is 1.14 bits per heavy atom. The zero-order chi connectivity index (χ0) is 16.1. The molecule has 0 aromatic carbocycles. The molecular weight excluding hydrogens is 302 g/mol. The Balaban J connectivity index is 1.82. The van der Waals surface area contributed by atoms with Gasteiger partial charge in [0.05, 0.1) is 4.88 Å². The third kappa shape index (κ3) is 4.07. The summed E-state index contributed by atoms with van der Waals surface area (Å²) in [7, 11) is 0. The molecule has 1 aliphatic heterocycles. The Labute approximate surface area is 133 Å². The van der Waals surface area contributed by atoms with Crippen LogP contribution in [0.5, 0.6) is 0 Å². The van der Waals surface area contributed by atoms with Crippen molar-refractivity contribution in [1.82, 2.24) is 15.5 Å². The molecule has 0 aliphatic carbocycles. The lowest BCUT2D eigenvalue weighted by Gasteiger charge is -2.22. The van der Waals surface area contributed by atoms with Gasteiger partial charge in [-0.25, -0.2) is 0 Å². The van der Waals surface area contributed by atoms with E-state index in [9.17, 15) is 14.4 Å². The van der Waals surface area contributed by atoms with Gasteiger partial charge in [0, 0.05) is 13.1 Å². The van der Waals surface area contributed by atoms with Crippen LogP contribution in [0.1, 0.15) is 36.4 Å². The molecule has 0 bridgehead atoms. The van der Waals surface area contributed by atoms with Crippen LogP contribution in [0, 0.1) is 0 Å². The number of carbonyl (C=O) groups is 3. The summed E-state index contributed by atoms with van der Waals surface area (Å²) in [5, 5.41) is 7.10. The minimum atomic E-state index is -0.691. The molecule has 1 aromatic heterocycles. The van der Waals surface area contributed by atoms with E-state index in [4.69, 9.17) is 0 Å². The lowest BCUT2D eigenvalue weighted by atomic mass is 10.2. The van der Waals surface area contributed by atoms with Gasteiger partial charge < -0.3 is 15.5 Å². The van der Waals surface area contributed by atoms with Crippen molar-refractivity contribution in [1.29, 1.82) is 0 Å². The van der Waals surface area contributed by atoms with E-state index >= 15 is 0 Å². The minimum absolute atomic E-state index is 0.0670. The van der Waals surface area contributed by atoms with Gasteiger partial charge in [-0.3, -0.25) is 14.4 Å². The normalized spacial score (nSPS) is 16.9. The second kappa shape index (κ2) is 7.40. The van der Waals surface area contributed by atoms with Crippen molar-refractivity contribution in [2.75, 3.05) is 13.1 Å². The van der Waals surface area contributed by atoms with Crippen LogP contribution in [-0.4, -0.2) is 47.8 Å². The van der Waals surface area contributed by atoms with Gasteiger partial charge in [0.15, 0.2) is 0 Å². The Bertz CT molecular complexity index is 538. The maximum Gasteiger partial charge on any atom is 0.261 e. The maximum absolute atomic E-state index is 12.1. The maximum atomic E-state index is 12.1. The van der Waals surface area contributed by atoms with E-state index in [-0.39, 0.29) is 17.7 Å². The highest BCUT2D eigenvalue weighted by molar-refractivity contribution is 7.12. The molecule has 1 fully saturated rings. The van der Waals surface area contributed by atoms with E-state index < -0.39 is 12.1 Å². The predicted molar refractivity (Wildman–Crippen MR) is 84.7 cm³/mol. The Morgan fingerprint density at radius 2 is 1.82 bits per heavy atom. The van der Waals surface area contributed by atoms with Crippen LogP contribution in [0.2, 0.25) is 0 Å². The Morgan fingerprint density at radius 3 is 2.41 bits per heavy atom. The lowest BCUT2D eigenvalue weighted by Crippen LogP contribution is -2.52. The first kappa shape index (κ1) is 16.5. The van der Waals surface area contributed by atoms with Crippen LogP contribution >= 0.6 is 11.3 Å². The molecular formula is C15H21N3O3S. The molecule has 120 valence electrons. The number of nitrogens with zero attached hydrogens (tertiary/aromatic N) is 1. The molecule has 0 spiro atoms. The van der Waals surface area contributed by atoms with E-state index in [2.05, 4.69) is 10.6 Å². The molecule has 1 aromatic rings. The van der Waals surface area contributed by atoms with Gasteiger partial charge in [-0.05, 0) is 38.1 Å². The second-order valence-corrected chi connectivity index (χ2v) is 6.38. The standard InChI is InChI=1S/C15H21N3O3S/c1-10(16-14(20)12-6-5-9-22-12)13(19)17-11(2)15(21)18-7-3-4-8-18/h5-6,9-11H,3-4,7-8H2,1-2H3,(H,16,20)(H,17,19)/t10-,11-/m0/s1. The molecule has 3 amide bonds. The first-order valence-electron chi connectivity index (χ1n) is 7.42. The molecule has 1 saturated heterocycles. The van der Waals surface area contributed by atoms with E-state index in [1.807, 2.05) is 0 Å². The molecule has 6 nitrogen and oxygen atoms in total. The third-order valence-corrected chi connectivity index (χ3v) is 4.50. The monoisotopic (exact) mass is 323 g/mol. The Hall–Kier alpha value is -1.89. The molecule has 0 radical (unpaired) electrons. The quantitative estimate of drug-likeness (QED) is 0.848. The van der Waals surface area contributed by atoms with Gasteiger partial charge in [-0.1, -0.05) is 6.07 Å². The number of hydrogen-bond donors (Lipinski definition) is 2. The predicted octanol–water partition coefficient (Wildman–Crippen LogP) is 0.993. The number of thiophene rings is 1. The van der Waals surface area contributed by atoms with E-state index in [1.54, 1.807) is 36.3 Å². The zero-order valence-corrected chi connectivity index (χ0v) is 13.6.